The second-order valence-electron chi connectivity index (χ2n) is 6.13. The van der Waals surface area contributed by atoms with Gasteiger partial charge >= 0.3 is 6.18 Å². The predicted octanol–water partition coefficient (Wildman–Crippen LogP) is 3.33. The molecule has 5 heteroatoms. The first-order valence-electron chi connectivity index (χ1n) is 7.32. The van der Waals surface area contributed by atoms with Gasteiger partial charge in [-0.05, 0) is 45.1 Å². The van der Waals surface area contributed by atoms with Gasteiger partial charge in [0.05, 0.1) is 5.92 Å². The molecule has 19 heavy (non-hydrogen) atoms. The van der Waals surface area contributed by atoms with Crippen LogP contribution in [0.2, 0.25) is 0 Å². The van der Waals surface area contributed by atoms with E-state index < -0.39 is 12.1 Å². The molecule has 0 amide bonds. The molecule has 0 aromatic carbocycles. The first-order valence-corrected chi connectivity index (χ1v) is 7.32. The number of hydrogen-bond donors (Lipinski definition) is 2. The maximum atomic E-state index is 12.5. The monoisotopic (exact) mass is 280 g/mol. The Kier molecular flexibility index (Phi) is 6.60. The normalized spacial score (nSPS) is 26.7. The molecular weight excluding hydrogens is 253 g/mol. The Labute approximate surface area is 114 Å². The van der Waals surface area contributed by atoms with Gasteiger partial charge in [-0.25, -0.2) is 0 Å². The molecule has 0 spiro atoms. The molecule has 2 nitrogen and oxygen atoms in total. The second kappa shape index (κ2) is 7.48. The molecular formula is C14H27F3N2. The highest BCUT2D eigenvalue weighted by Crippen LogP contribution is 2.39. The summed E-state index contributed by atoms with van der Waals surface area (Å²) in [5.41, 5.74) is 0. The molecule has 114 valence electrons. The van der Waals surface area contributed by atoms with Crippen LogP contribution >= 0.6 is 0 Å². The Hall–Kier alpha value is -0.290. The lowest BCUT2D eigenvalue weighted by atomic mass is 9.81. The smallest absolute Gasteiger partial charge is 0.313 e. The lowest BCUT2D eigenvalue weighted by molar-refractivity contribution is -0.183. The van der Waals surface area contributed by atoms with E-state index in [0.717, 1.165) is 13.1 Å². The summed E-state index contributed by atoms with van der Waals surface area (Å²) in [5, 5.41) is 6.77. The van der Waals surface area contributed by atoms with Crippen LogP contribution < -0.4 is 10.6 Å². The molecule has 1 atom stereocenters. The number of hydrogen-bond acceptors (Lipinski definition) is 2. The van der Waals surface area contributed by atoms with E-state index >= 15 is 0 Å². The van der Waals surface area contributed by atoms with E-state index in [1.807, 2.05) is 0 Å². The van der Waals surface area contributed by atoms with Crippen LogP contribution in [0.5, 0.6) is 0 Å². The standard InChI is InChI=1S/C14H27F3N2/c1-10(2)18-8-11(3)19-9-12-4-6-13(7-5-12)14(15,16)17/h10-13,18-19H,4-9H2,1-3H3. The first kappa shape index (κ1) is 16.8. The zero-order chi connectivity index (χ0) is 14.5. The third kappa shape index (κ3) is 6.61. The van der Waals surface area contributed by atoms with Crippen molar-refractivity contribution in [3.8, 4) is 0 Å². The van der Waals surface area contributed by atoms with E-state index in [4.69, 9.17) is 0 Å². The molecule has 0 saturated heterocycles. The van der Waals surface area contributed by atoms with Crippen LogP contribution in [0.25, 0.3) is 0 Å². The SMILES string of the molecule is CC(C)NCC(C)NCC1CCC(C(F)(F)F)CC1. The highest BCUT2D eigenvalue weighted by Gasteiger charge is 2.41. The Morgan fingerprint density at radius 2 is 1.58 bits per heavy atom. The Morgan fingerprint density at radius 3 is 2.05 bits per heavy atom. The topological polar surface area (TPSA) is 24.1 Å². The van der Waals surface area contributed by atoms with Crippen molar-refractivity contribution in [2.45, 2.75) is 64.7 Å². The van der Waals surface area contributed by atoms with Crippen molar-refractivity contribution >= 4 is 0 Å². The fourth-order valence-corrected chi connectivity index (χ4v) is 2.55. The van der Waals surface area contributed by atoms with E-state index in [2.05, 4.69) is 31.4 Å². The quantitative estimate of drug-likeness (QED) is 0.780. The van der Waals surface area contributed by atoms with Crippen molar-refractivity contribution in [3.05, 3.63) is 0 Å². The van der Waals surface area contributed by atoms with E-state index in [1.54, 1.807) is 0 Å². The molecule has 0 heterocycles. The lowest BCUT2D eigenvalue weighted by Gasteiger charge is -2.30. The van der Waals surface area contributed by atoms with Gasteiger partial charge in [0, 0.05) is 18.6 Å². The van der Waals surface area contributed by atoms with Crippen LogP contribution in [0.3, 0.4) is 0 Å². The summed E-state index contributed by atoms with van der Waals surface area (Å²) >= 11 is 0. The van der Waals surface area contributed by atoms with Crippen LogP contribution in [0, 0.1) is 11.8 Å². The van der Waals surface area contributed by atoms with Gasteiger partial charge in [0.15, 0.2) is 0 Å². The maximum Gasteiger partial charge on any atom is 0.391 e. The summed E-state index contributed by atoms with van der Waals surface area (Å²) in [5.74, 6) is -0.663. The molecule has 1 aliphatic rings. The summed E-state index contributed by atoms with van der Waals surface area (Å²) in [4.78, 5) is 0. The van der Waals surface area contributed by atoms with Gasteiger partial charge in [0.2, 0.25) is 0 Å². The Morgan fingerprint density at radius 1 is 1.00 bits per heavy atom. The molecule has 1 fully saturated rings. The van der Waals surface area contributed by atoms with E-state index in [0.29, 0.717) is 43.7 Å². The third-order valence-electron chi connectivity index (χ3n) is 3.90. The molecule has 0 bridgehead atoms. The van der Waals surface area contributed by atoms with Gasteiger partial charge < -0.3 is 10.6 Å². The van der Waals surface area contributed by atoms with Gasteiger partial charge in [-0.2, -0.15) is 13.2 Å². The van der Waals surface area contributed by atoms with E-state index in [1.165, 1.54) is 0 Å². The molecule has 1 aliphatic carbocycles. The van der Waals surface area contributed by atoms with Gasteiger partial charge in [0.1, 0.15) is 0 Å². The highest BCUT2D eigenvalue weighted by atomic mass is 19.4. The Balaban J connectivity index is 2.16. The summed E-state index contributed by atoms with van der Waals surface area (Å²) < 4.78 is 37.6. The zero-order valence-corrected chi connectivity index (χ0v) is 12.2. The number of halogens is 3. The minimum absolute atomic E-state index is 0.300. The van der Waals surface area contributed by atoms with Crippen molar-refractivity contribution in [1.82, 2.24) is 10.6 Å². The third-order valence-corrected chi connectivity index (χ3v) is 3.90. The predicted molar refractivity (Wildman–Crippen MR) is 72.1 cm³/mol. The summed E-state index contributed by atoms with van der Waals surface area (Å²) in [6, 6.07) is 0.828. The van der Waals surface area contributed by atoms with Gasteiger partial charge in [0.25, 0.3) is 0 Å². The molecule has 0 aromatic heterocycles. The highest BCUT2D eigenvalue weighted by molar-refractivity contribution is 4.79. The first-order chi connectivity index (χ1) is 8.79. The Bertz CT molecular complexity index is 246. The summed E-state index contributed by atoms with van der Waals surface area (Å²) in [7, 11) is 0. The average Bonchev–Trinajstić information content (AvgIpc) is 2.33. The molecule has 0 aliphatic heterocycles. The zero-order valence-electron chi connectivity index (χ0n) is 12.2. The number of alkyl halides is 3. The van der Waals surface area contributed by atoms with Crippen molar-refractivity contribution in [2.24, 2.45) is 11.8 Å². The number of rotatable bonds is 6. The van der Waals surface area contributed by atoms with Crippen LogP contribution in [-0.2, 0) is 0 Å². The summed E-state index contributed by atoms with van der Waals surface area (Å²) in [6.07, 6.45) is -2.00. The van der Waals surface area contributed by atoms with Crippen molar-refractivity contribution in [3.63, 3.8) is 0 Å². The summed E-state index contributed by atoms with van der Waals surface area (Å²) in [6.45, 7) is 8.05. The molecule has 2 N–H and O–H groups in total. The van der Waals surface area contributed by atoms with Crippen molar-refractivity contribution < 1.29 is 13.2 Å². The molecule has 0 radical (unpaired) electrons. The fraction of sp³-hybridized carbons (Fsp3) is 1.00. The second-order valence-corrected chi connectivity index (χ2v) is 6.13. The lowest BCUT2D eigenvalue weighted by Crippen LogP contribution is -2.41. The molecule has 1 rings (SSSR count). The van der Waals surface area contributed by atoms with Crippen LogP contribution in [0.4, 0.5) is 13.2 Å². The van der Waals surface area contributed by atoms with E-state index in [9.17, 15) is 13.2 Å². The molecule has 1 unspecified atom stereocenters. The van der Waals surface area contributed by atoms with Crippen LogP contribution in [0.1, 0.15) is 46.5 Å². The fourth-order valence-electron chi connectivity index (χ4n) is 2.55. The van der Waals surface area contributed by atoms with Gasteiger partial charge in [-0.1, -0.05) is 13.8 Å². The average molecular weight is 280 g/mol. The maximum absolute atomic E-state index is 12.5. The molecule has 1 saturated carbocycles. The van der Waals surface area contributed by atoms with Crippen molar-refractivity contribution in [1.29, 1.82) is 0 Å². The number of nitrogens with one attached hydrogen (secondary N) is 2. The minimum Gasteiger partial charge on any atom is -0.313 e. The van der Waals surface area contributed by atoms with Crippen LogP contribution in [-0.4, -0.2) is 31.3 Å². The van der Waals surface area contributed by atoms with Crippen LogP contribution in [0.15, 0.2) is 0 Å². The van der Waals surface area contributed by atoms with Gasteiger partial charge in [-0.15, -0.1) is 0 Å². The van der Waals surface area contributed by atoms with Gasteiger partial charge in [-0.3, -0.25) is 0 Å². The van der Waals surface area contributed by atoms with E-state index in [-0.39, 0.29) is 0 Å². The van der Waals surface area contributed by atoms with Crippen molar-refractivity contribution in [2.75, 3.05) is 13.1 Å². The molecule has 0 aromatic rings. The minimum atomic E-state index is -3.99. The largest absolute Gasteiger partial charge is 0.391 e.